The zero-order valence-electron chi connectivity index (χ0n) is 18.1. The Morgan fingerprint density at radius 1 is 0.882 bits per heavy atom. The zero-order chi connectivity index (χ0) is 23.5. The molecular weight excluding hydrogens is 442 g/mol. The van der Waals surface area contributed by atoms with Gasteiger partial charge in [0, 0.05) is 11.5 Å². The highest BCUT2D eigenvalue weighted by Gasteiger charge is 2.18. The van der Waals surface area contributed by atoms with Crippen molar-refractivity contribution in [2.45, 2.75) is 13.5 Å². The topological polar surface area (TPSA) is 106 Å². The Kier molecular flexibility index (Phi) is 5.73. The number of nitrogens with zero attached hydrogens (tertiary/aromatic N) is 1. The first kappa shape index (κ1) is 21.3. The number of benzene rings is 3. The molecule has 0 radical (unpaired) electrons. The van der Waals surface area contributed by atoms with E-state index in [4.69, 9.17) is 28.2 Å². The lowest BCUT2D eigenvalue weighted by atomic mass is 10.2. The molecule has 9 nitrogen and oxygen atoms in total. The monoisotopic (exact) mass is 461 g/mol. The number of hydrogen-bond acceptors (Lipinski definition) is 9. The fraction of sp³-hybridized carbons (Fsp3) is 0.160. The van der Waals surface area contributed by atoms with Gasteiger partial charge in [-0.25, -0.2) is 9.59 Å². The summed E-state index contributed by atoms with van der Waals surface area (Å²) in [5.41, 5.74) is 1.82. The Morgan fingerprint density at radius 3 is 2.47 bits per heavy atom. The number of fused-ring (bicyclic) bond motifs is 2. The second-order valence-corrected chi connectivity index (χ2v) is 7.28. The van der Waals surface area contributed by atoms with E-state index in [-0.39, 0.29) is 19.4 Å². The van der Waals surface area contributed by atoms with Crippen molar-refractivity contribution >= 4 is 22.9 Å². The van der Waals surface area contributed by atoms with Gasteiger partial charge in [0.15, 0.2) is 17.1 Å². The number of aromatic nitrogens is 1. The van der Waals surface area contributed by atoms with Crippen molar-refractivity contribution in [2.75, 3.05) is 13.4 Å². The third-order valence-electron chi connectivity index (χ3n) is 5.08. The molecule has 0 unspecified atom stereocenters. The molecule has 0 atom stereocenters. The van der Waals surface area contributed by atoms with Crippen molar-refractivity contribution in [1.82, 2.24) is 5.16 Å². The molecule has 5 rings (SSSR count). The Bertz CT molecular complexity index is 1360. The number of esters is 2. The zero-order valence-corrected chi connectivity index (χ0v) is 18.1. The first-order valence-electron chi connectivity index (χ1n) is 10.5. The predicted octanol–water partition coefficient (Wildman–Crippen LogP) is 4.53. The first-order chi connectivity index (χ1) is 16.6. The summed E-state index contributed by atoms with van der Waals surface area (Å²) in [6.45, 7) is 2.35. The van der Waals surface area contributed by atoms with Gasteiger partial charge in [-0.2, -0.15) is 0 Å². The van der Waals surface area contributed by atoms with Crippen LogP contribution >= 0.6 is 0 Å². The molecule has 4 aromatic rings. The SMILES string of the molecule is CCOC(=O)c1ccc(OCc2noc3cc(OC(=O)c4ccc5c(c4)OCO5)ccc23)cc1. The van der Waals surface area contributed by atoms with Gasteiger partial charge in [0.1, 0.15) is 23.8 Å². The standard InChI is InChI=1S/C25H19NO8/c1-2-29-24(27)15-3-6-17(7-4-15)30-13-20-19-9-8-18(12-22(19)34-26-20)33-25(28)16-5-10-21-23(11-16)32-14-31-21/h3-12H,2,13-14H2,1H3. The molecule has 2 heterocycles. The fourth-order valence-electron chi connectivity index (χ4n) is 3.38. The van der Waals surface area contributed by atoms with E-state index in [0.29, 0.717) is 52.0 Å². The summed E-state index contributed by atoms with van der Waals surface area (Å²) in [5, 5.41) is 4.78. The molecule has 1 aliphatic heterocycles. The molecule has 9 heteroatoms. The van der Waals surface area contributed by atoms with Crippen molar-refractivity contribution in [1.29, 1.82) is 0 Å². The summed E-state index contributed by atoms with van der Waals surface area (Å²) in [4.78, 5) is 24.2. The van der Waals surface area contributed by atoms with E-state index in [2.05, 4.69) is 5.16 Å². The third kappa shape index (κ3) is 4.36. The van der Waals surface area contributed by atoms with Crippen LogP contribution in [0.1, 0.15) is 33.3 Å². The summed E-state index contributed by atoms with van der Waals surface area (Å²) >= 11 is 0. The van der Waals surface area contributed by atoms with Crippen LogP contribution in [0.25, 0.3) is 11.0 Å². The van der Waals surface area contributed by atoms with E-state index in [1.165, 1.54) is 0 Å². The van der Waals surface area contributed by atoms with Crippen LogP contribution < -0.4 is 18.9 Å². The molecule has 0 spiro atoms. The number of ether oxygens (including phenoxy) is 5. The molecule has 1 aliphatic rings. The molecule has 1 aromatic heterocycles. The average Bonchev–Trinajstić information content (AvgIpc) is 3.49. The first-order valence-corrected chi connectivity index (χ1v) is 10.5. The summed E-state index contributed by atoms with van der Waals surface area (Å²) in [5.74, 6) is 1.05. The molecule has 0 bridgehead atoms. The molecule has 0 amide bonds. The van der Waals surface area contributed by atoms with Crippen LogP contribution in [0.15, 0.2) is 65.2 Å². The van der Waals surface area contributed by atoms with Crippen LogP contribution in [0.5, 0.6) is 23.0 Å². The highest BCUT2D eigenvalue weighted by Crippen LogP contribution is 2.33. The van der Waals surface area contributed by atoms with E-state index in [1.54, 1.807) is 67.6 Å². The molecule has 34 heavy (non-hydrogen) atoms. The van der Waals surface area contributed by atoms with Crippen LogP contribution in [0.2, 0.25) is 0 Å². The van der Waals surface area contributed by atoms with Crippen LogP contribution in [-0.4, -0.2) is 30.5 Å². The minimum absolute atomic E-state index is 0.126. The van der Waals surface area contributed by atoms with Crippen LogP contribution in [0.3, 0.4) is 0 Å². The van der Waals surface area contributed by atoms with Gasteiger partial charge >= 0.3 is 11.9 Å². The Morgan fingerprint density at radius 2 is 1.65 bits per heavy atom. The summed E-state index contributed by atoms with van der Waals surface area (Å²) in [6.07, 6.45) is 0. The van der Waals surface area contributed by atoms with Gasteiger partial charge in [-0.05, 0) is 61.5 Å². The van der Waals surface area contributed by atoms with Gasteiger partial charge in [0.2, 0.25) is 6.79 Å². The molecule has 0 saturated carbocycles. The molecule has 0 saturated heterocycles. The Labute approximate surface area is 193 Å². The molecule has 0 fully saturated rings. The number of carbonyl (C=O) groups is 2. The van der Waals surface area contributed by atoms with Crippen LogP contribution in [0.4, 0.5) is 0 Å². The summed E-state index contributed by atoms with van der Waals surface area (Å²) < 4.78 is 32.1. The predicted molar refractivity (Wildman–Crippen MR) is 118 cm³/mol. The Balaban J connectivity index is 1.24. The molecule has 0 N–H and O–H groups in total. The van der Waals surface area contributed by atoms with E-state index in [1.807, 2.05) is 0 Å². The van der Waals surface area contributed by atoms with Crippen LogP contribution in [-0.2, 0) is 11.3 Å². The summed E-state index contributed by atoms with van der Waals surface area (Å²) in [7, 11) is 0. The molecular formula is C25H19NO8. The quantitative estimate of drug-likeness (QED) is 0.290. The fourth-order valence-corrected chi connectivity index (χ4v) is 3.38. The smallest absolute Gasteiger partial charge is 0.343 e. The van der Waals surface area contributed by atoms with Crippen molar-refractivity contribution in [3.8, 4) is 23.0 Å². The number of rotatable bonds is 7. The van der Waals surface area contributed by atoms with Gasteiger partial charge in [0.25, 0.3) is 0 Å². The highest BCUT2D eigenvalue weighted by molar-refractivity contribution is 5.92. The van der Waals surface area contributed by atoms with Gasteiger partial charge in [-0.3, -0.25) is 0 Å². The molecule has 172 valence electrons. The van der Waals surface area contributed by atoms with E-state index in [0.717, 1.165) is 5.39 Å². The van der Waals surface area contributed by atoms with Gasteiger partial charge in [-0.1, -0.05) is 5.16 Å². The van der Waals surface area contributed by atoms with E-state index in [9.17, 15) is 9.59 Å². The van der Waals surface area contributed by atoms with Gasteiger partial charge < -0.3 is 28.2 Å². The maximum Gasteiger partial charge on any atom is 0.343 e. The largest absolute Gasteiger partial charge is 0.487 e. The molecule has 3 aromatic carbocycles. The van der Waals surface area contributed by atoms with Gasteiger partial charge in [-0.15, -0.1) is 0 Å². The lowest BCUT2D eigenvalue weighted by molar-refractivity contribution is 0.0526. The second kappa shape index (κ2) is 9.14. The highest BCUT2D eigenvalue weighted by atomic mass is 16.7. The van der Waals surface area contributed by atoms with Crippen LogP contribution in [0, 0.1) is 0 Å². The average molecular weight is 461 g/mol. The normalized spacial score (nSPS) is 11.9. The van der Waals surface area contributed by atoms with Crippen molar-refractivity contribution in [2.24, 2.45) is 0 Å². The third-order valence-corrected chi connectivity index (χ3v) is 5.08. The van der Waals surface area contributed by atoms with E-state index >= 15 is 0 Å². The summed E-state index contributed by atoms with van der Waals surface area (Å²) in [6, 6.07) is 16.5. The minimum Gasteiger partial charge on any atom is -0.487 e. The maximum absolute atomic E-state index is 12.5. The van der Waals surface area contributed by atoms with Crippen molar-refractivity contribution < 1.29 is 37.8 Å². The van der Waals surface area contributed by atoms with E-state index < -0.39 is 5.97 Å². The number of carbonyl (C=O) groups excluding carboxylic acids is 2. The molecule has 0 aliphatic carbocycles. The lowest BCUT2D eigenvalue weighted by Crippen LogP contribution is -2.08. The lowest BCUT2D eigenvalue weighted by Gasteiger charge is -2.06. The van der Waals surface area contributed by atoms with Crippen molar-refractivity contribution in [3.05, 3.63) is 77.5 Å². The second-order valence-electron chi connectivity index (χ2n) is 7.28. The minimum atomic E-state index is -0.535. The Hall–Kier alpha value is -4.53. The number of hydrogen-bond donors (Lipinski definition) is 0. The van der Waals surface area contributed by atoms with Crippen molar-refractivity contribution in [3.63, 3.8) is 0 Å². The maximum atomic E-state index is 12.5. The van der Waals surface area contributed by atoms with Gasteiger partial charge in [0.05, 0.1) is 17.7 Å².